The first-order chi connectivity index (χ1) is 8.20. The molecule has 1 atom stereocenters. The van der Waals surface area contributed by atoms with E-state index in [0.29, 0.717) is 0 Å². The second-order valence-corrected chi connectivity index (χ2v) is 4.62. The van der Waals surface area contributed by atoms with Crippen molar-refractivity contribution in [2.75, 3.05) is 11.1 Å². The zero-order valence-corrected chi connectivity index (χ0v) is 10.8. The fourth-order valence-electron chi connectivity index (χ4n) is 1.62. The largest absolute Gasteiger partial charge is 0.398 e. The van der Waals surface area contributed by atoms with E-state index in [4.69, 9.17) is 5.73 Å². The molecule has 0 aliphatic carbocycles. The highest BCUT2D eigenvalue weighted by atomic mass is 32.1. The summed E-state index contributed by atoms with van der Waals surface area (Å²) < 4.78 is 4.24. The number of anilines is 2. The number of hydrogen-bond acceptors (Lipinski definition) is 5. The SMILES string of the molecule is CCc1nsc(NC(C)c2ccccc2N)n1. The minimum atomic E-state index is 0.133. The Kier molecular flexibility index (Phi) is 3.58. The summed E-state index contributed by atoms with van der Waals surface area (Å²) in [5.74, 6) is 0.880. The van der Waals surface area contributed by atoms with Crippen LogP contribution in [0.15, 0.2) is 24.3 Å². The van der Waals surface area contributed by atoms with Crippen LogP contribution in [0.4, 0.5) is 10.8 Å². The molecule has 0 aliphatic rings. The average molecular weight is 248 g/mol. The maximum atomic E-state index is 5.93. The van der Waals surface area contributed by atoms with Gasteiger partial charge in [0.25, 0.3) is 0 Å². The highest BCUT2D eigenvalue weighted by molar-refractivity contribution is 7.09. The molecule has 0 radical (unpaired) electrons. The van der Waals surface area contributed by atoms with Gasteiger partial charge in [-0.3, -0.25) is 0 Å². The van der Waals surface area contributed by atoms with Crippen LogP contribution in [0.3, 0.4) is 0 Å². The van der Waals surface area contributed by atoms with Gasteiger partial charge in [-0.2, -0.15) is 4.37 Å². The van der Waals surface area contributed by atoms with Gasteiger partial charge >= 0.3 is 0 Å². The zero-order valence-electron chi connectivity index (χ0n) is 9.97. The van der Waals surface area contributed by atoms with Crippen molar-refractivity contribution in [1.82, 2.24) is 9.36 Å². The number of rotatable bonds is 4. The van der Waals surface area contributed by atoms with E-state index in [2.05, 4.69) is 21.6 Å². The maximum Gasteiger partial charge on any atom is 0.203 e. The Hall–Kier alpha value is -1.62. The Morgan fingerprint density at radius 2 is 2.18 bits per heavy atom. The molecule has 1 heterocycles. The molecule has 0 spiro atoms. The van der Waals surface area contributed by atoms with Gasteiger partial charge in [0.1, 0.15) is 5.82 Å². The van der Waals surface area contributed by atoms with Crippen molar-refractivity contribution >= 4 is 22.4 Å². The maximum absolute atomic E-state index is 5.93. The van der Waals surface area contributed by atoms with Crippen LogP contribution < -0.4 is 11.1 Å². The Bertz CT molecular complexity index is 495. The van der Waals surface area contributed by atoms with Crippen LogP contribution in [0.5, 0.6) is 0 Å². The molecule has 3 N–H and O–H groups in total. The minimum Gasteiger partial charge on any atom is -0.398 e. The summed E-state index contributed by atoms with van der Waals surface area (Å²) in [4.78, 5) is 4.38. The summed E-state index contributed by atoms with van der Waals surface area (Å²) in [5, 5.41) is 4.16. The van der Waals surface area contributed by atoms with E-state index in [0.717, 1.165) is 28.6 Å². The molecule has 2 rings (SSSR count). The van der Waals surface area contributed by atoms with Gasteiger partial charge in [0.05, 0.1) is 6.04 Å². The minimum absolute atomic E-state index is 0.133. The molecule has 0 saturated carbocycles. The van der Waals surface area contributed by atoms with E-state index in [-0.39, 0.29) is 6.04 Å². The van der Waals surface area contributed by atoms with Gasteiger partial charge < -0.3 is 11.1 Å². The Morgan fingerprint density at radius 3 is 2.82 bits per heavy atom. The van der Waals surface area contributed by atoms with Crippen molar-refractivity contribution < 1.29 is 0 Å². The number of nitrogens with two attached hydrogens (primary N) is 1. The molecule has 5 heteroatoms. The van der Waals surface area contributed by atoms with Gasteiger partial charge in [-0.05, 0) is 18.6 Å². The van der Waals surface area contributed by atoms with Gasteiger partial charge in [-0.25, -0.2) is 4.98 Å². The molecule has 0 bridgehead atoms. The van der Waals surface area contributed by atoms with E-state index in [9.17, 15) is 0 Å². The van der Waals surface area contributed by atoms with E-state index < -0.39 is 0 Å². The molecule has 90 valence electrons. The molecular weight excluding hydrogens is 232 g/mol. The van der Waals surface area contributed by atoms with E-state index >= 15 is 0 Å². The molecule has 0 fully saturated rings. The van der Waals surface area contributed by atoms with Gasteiger partial charge in [0.2, 0.25) is 5.13 Å². The standard InChI is InChI=1S/C12H16N4S/c1-3-11-15-12(17-16-11)14-8(2)9-6-4-5-7-10(9)13/h4-8H,3,13H2,1-2H3,(H,14,15,16). The van der Waals surface area contributed by atoms with Crippen molar-refractivity contribution in [3.8, 4) is 0 Å². The third-order valence-corrected chi connectivity index (χ3v) is 3.27. The summed E-state index contributed by atoms with van der Waals surface area (Å²) >= 11 is 1.39. The molecule has 0 amide bonds. The second kappa shape index (κ2) is 5.14. The first-order valence-electron chi connectivity index (χ1n) is 5.64. The number of benzene rings is 1. The molecule has 1 aromatic heterocycles. The third kappa shape index (κ3) is 2.74. The van der Waals surface area contributed by atoms with Crippen LogP contribution in [-0.2, 0) is 6.42 Å². The highest BCUT2D eigenvalue weighted by Gasteiger charge is 2.10. The summed E-state index contributed by atoms with van der Waals surface area (Å²) in [5.41, 5.74) is 7.82. The van der Waals surface area contributed by atoms with E-state index in [1.807, 2.05) is 31.2 Å². The number of aromatic nitrogens is 2. The molecule has 17 heavy (non-hydrogen) atoms. The van der Waals surface area contributed by atoms with Crippen LogP contribution in [0.1, 0.15) is 31.3 Å². The topological polar surface area (TPSA) is 63.8 Å². The van der Waals surface area contributed by atoms with E-state index in [1.165, 1.54) is 11.5 Å². The summed E-state index contributed by atoms with van der Waals surface area (Å²) in [6.07, 6.45) is 0.861. The molecule has 4 nitrogen and oxygen atoms in total. The van der Waals surface area contributed by atoms with Crippen molar-refractivity contribution in [3.05, 3.63) is 35.7 Å². The molecule has 1 unspecified atom stereocenters. The lowest BCUT2D eigenvalue weighted by Crippen LogP contribution is -2.08. The first-order valence-corrected chi connectivity index (χ1v) is 6.41. The van der Waals surface area contributed by atoms with E-state index in [1.54, 1.807) is 0 Å². The normalized spacial score (nSPS) is 12.4. The number of hydrogen-bond donors (Lipinski definition) is 2. The lowest BCUT2D eigenvalue weighted by Gasteiger charge is -2.14. The monoisotopic (exact) mass is 248 g/mol. The molecule has 0 aliphatic heterocycles. The third-order valence-electron chi connectivity index (χ3n) is 2.59. The zero-order chi connectivity index (χ0) is 12.3. The van der Waals surface area contributed by atoms with Crippen molar-refractivity contribution in [3.63, 3.8) is 0 Å². The fraction of sp³-hybridized carbons (Fsp3) is 0.333. The second-order valence-electron chi connectivity index (χ2n) is 3.86. The van der Waals surface area contributed by atoms with Gasteiger partial charge in [-0.1, -0.05) is 25.1 Å². The summed E-state index contributed by atoms with van der Waals surface area (Å²) in [6.45, 7) is 4.11. The molecule has 1 aromatic carbocycles. The summed E-state index contributed by atoms with van der Waals surface area (Å²) in [6, 6.07) is 7.99. The first kappa shape index (κ1) is 11.9. The Morgan fingerprint density at radius 1 is 1.41 bits per heavy atom. The number of nitrogens with one attached hydrogen (secondary N) is 1. The van der Waals surface area contributed by atoms with Crippen LogP contribution in [0.25, 0.3) is 0 Å². The number of para-hydroxylation sites is 1. The summed E-state index contributed by atoms with van der Waals surface area (Å²) in [7, 11) is 0. The van der Waals surface area contributed by atoms with Crippen molar-refractivity contribution in [1.29, 1.82) is 0 Å². The quantitative estimate of drug-likeness (QED) is 0.817. The molecule has 0 saturated heterocycles. The van der Waals surface area contributed by atoms with Gasteiger partial charge in [0, 0.05) is 23.6 Å². The smallest absolute Gasteiger partial charge is 0.203 e. The van der Waals surface area contributed by atoms with Crippen LogP contribution in [0.2, 0.25) is 0 Å². The average Bonchev–Trinajstić information content (AvgIpc) is 2.77. The predicted octanol–water partition coefficient (Wildman–Crippen LogP) is 2.86. The van der Waals surface area contributed by atoms with Crippen LogP contribution in [-0.4, -0.2) is 9.36 Å². The van der Waals surface area contributed by atoms with Crippen molar-refractivity contribution in [2.24, 2.45) is 0 Å². The van der Waals surface area contributed by atoms with Gasteiger partial charge in [-0.15, -0.1) is 0 Å². The fourth-order valence-corrected chi connectivity index (χ4v) is 2.36. The highest BCUT2D eigenvalue weighted by Crippen LogP contribution is 2.24. The number of aryl methyl sites for hydroxylation is 1. The Labute approximate surface area is 105 Å². The van der Waals surface area contributed by atoms with Crippen LogP contribution in [0, 0.1) is 0 Å². The lowest BCUT2D eigenvalue weighted by molar-refractivity contribution is 0.879. The molecule has 2 aromatic rings. The number of nitrogens with zero attached hydrogens (tertiary/aromatic N) is 2. The van der Waals surface area contributed by atoms with Gasteiger partial charge in [0.15, 0.2) is 0 Å². The Balaban J connectivity index is 2.11. The number of nitrogen functional groups attached to an aromatic ring is 1. The predicted molar refractivity (Wildman–Crippen MR) is 72.2 cm³/mol. The van der Waals surface area contributed by atoms with Crippen LogP contribution >= 0.6 is 11.5 Å². The molecular formula is C12H16N4S. The lowest BCUT2D eigenvalue weighted by atomic mass is 10.1. The van der Waals surface area contributed by atoms with Crippen molar-refractivity contribution in [2.45, 2.75) is 26.3 Å².